The number of para-hydroxylation sites is 1. The lowest BCUT2D eigenvalue weighted by Gasteiger charge is -2.11. The number of pyridine rings is 1. The van der Waals surface area contributed by atoms with Crippen LogP contribution in [0, 0.1) is 0 Å². The van der Waals surface area contributed by atoms with E-state index in [-0.39, 0.29) is 11.3 Å². The predicted molar refractivity (Wildman–Crippen MR) is 65.3 cm³/mol. The Balaban J connectivity index is 2.95. The number of alkyl halides is 1. The number of hydrogen-bond donors (Lipinski definition) is 0. The summed E-state index contributed by atoms with van der Waals surface area (Å²) in [5.41, 5.74) is 1.37. The molecule has 0 aliphatic heterocycles. The summed E-state index contributed by atoms with van der Waals surface area (Å²) in [6, 6.07) is 5.43. The summed E-state index contributed by atoms with van der Waals surface area (Å²) >= 11 is 5.73. The minimum absolute atomic E-state index is 0.0259. The van der Waals surface area contributed by atoms with Gasteiger partial charge in [-0.15, -0.1) is 11.6 Å². The molecule has 84 valence electrons. The highest BCUT2D eigenvalue weighted by molar-refractivity contribution is 6.17. The van der Waals surface area contributed by atoms with E-state index in [9.17, 15) is 4.79 Å². The molecule has 0 aliphatic rings. The molecule has 0 N–H and O–H groups in total. The third-order valence-corrected chi connectivity index (χ3v) is 2.89. The number of hydrogen-bond acceptors (Lipinski definition) is 2. The van der Waals surface area contributed by atoms with Gasteiger partial charge in [-0.1, -0.05) is 6.07 Å². The van der Waals surface area contributed by atoms with Crippen LogP contribution >= 0.6 is 11.6 Å². The van der Waals surface area contributed by atoms with Crippen LogP contribution in [0.15, 0.2) is 29.2 Å². The van der Waals surface area contributed by atoms with E-state index in [1.807, 2.05) is 17.7 Å². The summed E-state index contributed by atoms with van der Waals surface area (Å²) in [7, 11) is 3.47. The van der Waals surface area contributed by atoms with E-state index in [4.69, 9.17) is 16.3 Å². The summed E-state index contributed by atoms with van der Waals surface area (Å²) < 4.78 is 7.11. The van der Waals surface area contributed by atoms with Crippen molar-refractivity contribution in [3.8, 4) is 5.75 Å². The molecule has 0 radical (unpaired) electrons. The largest absolute Gasteiger partial charge is 0.495 e. The van der Waals surface area contributed by atoms with Crippen molar-refractivity contribution in [3.63, 3.8) is 0 Å². The van der Waals surface area contributed by atoms with Crippen molar-refractivity contribution in [1.29, 1.82) is 0 Å². The third kappa shape index (κ3) is 1.57. The first kappa shape index (κ1) is 11.0. The maximum absolute atomic E-state index is 12.0. The number of ether oxygens (including phenoxy) is 1. The lowest BCUT2D eigenvalue weighted by molar-refractivity contribution is 0.417. The molecule has 1 aromatic carbocycles. The average molecular weight is 238 g/mol. The Bertz CT molecular complexity index is 589. The second-order valence-corrected chi connectivity index (χ2v) is 3.85. The first-order valence-electron chi connectivity index (χ1n) is 4.90. The fourth-order valence-corrected chi connectivity index (χ4v) is 2.05. The van der Waals surface area contributed by atoms with Crippen LogP contribution in [0.1, 0.15) is 5.56 Å². The summed E-state index contributed by atoms with van der Waals surface area (Å²) in [6.45, 7) is 0. The van der Waals surface area contributed by atoms with Gasteiger partial charge in [-0.3, -0.25) is 4.79 Å². The normalized spacial score (nSPS) is 10.7. The number of aromatic nitrogens is 1. The molecule has 1 aromatic heterocycles. The van der Waals surface area contributed by atoms with Gasteiger partial charge in [0, 0.05) is 24.2 Å². The standard InChI is InChI=1S/C12H12ClNO2/c1-14-7-8(6-13)12(15)9-4-3-5-10(16-2)11(9)14/h3-5,7H,6H2,1-2H3. The molecule has 0 saturated heterocycles. The Morgan fingerprint density at radius 1 is 1.44 bits per heavy atom. The third-order valence-electron chi connectivity index (χ3n) is 2.60. The van der Waals surface area contributed by atoms with Crippen LogP contribution in [0.2, 0.25) is 0 Å². The van der Waals surface area contributed by atoms with Crippen LogP contribution in [-0.4, -0.2) is 11.7 Å². The molecule has 0 saturated carbocycles. The number of nitrogens with zero attached hydrogens (tertiary/aromatic N) is 1. The molecular formula is C12H12ClNO2. The summed E-state index contributed by atoms with van der Waals surface area (Å²) in [5.74, 6) is 0.915. The van der Waals surface area contributed by atoms with Gasteiger partial charge in [0.1, 0.15) is 5.75 Å². The molecule has 0 bridgehead atoms. The van der Waals surface area contributed by atoms with E-state index < -0.39 is 0 Å². The number of benzene rings is 1. The molecule has 0 atom stereocenters. The van der Waals surface area contributed by atoms with Crippen LogP contribution in [-0.2, 0) is 12.9 Å². The molecule has 4 heteroatoms. The molecule has 16 heavy (non-hydrogen) atoms. The first-order valence-corrected chi connectivity index (χ1v) is 5.43. The van der Waals surface area contributed by atoms with Gasteiger partial charge in [0.15, 0.2) is 5.43 Å². The maximum atomic E-state index is 12.0. The second kappa shape index (κ2) is 4.18. The van der Waals surface area contributed by atoms with Crippen molar-refractivity contribution in [2.45, 2.75) is 5.88 Å². The SMILES string of the molecule is COc1cccc2c(=O)c(CCl)cn(C)c12. The van der Waals surface area contributed by atoms with Gasteiger partial charge in [0.2, 0.25) is 0 Å². The van der Waals surface area contributed by atoms with Crippen molar-refractivity contribution in [2.24, 2.45) is 7.05 Å². The minimum atomic E-state index is -0.0259. The zero-order chi connectivity index (χ0) is 11.7. The minimum Gasteiger partial charge on any atom is -0.495 e. The quantitative estimate of drug-likeness (QED) is 0.751. The highest BCUT2D eigenvalue weighted by Gasteiger charge is 2.09. The van der Waals surface area contributed by atoms with E-state index in [1.165, 1.54) is 0 Å². The number of halogens is 1. The van der Waals surface area contributed by atoms with Crippen LogP contribution in [0.3, 0.4) is 0 Å². The average Bonchev–Trinajstić information content (AvgIpc) is 2.32. The van der Waals surface area contributed by atoms with Crippen LogP contribution in [0.4, 0.5) is 0 Å². The van der Waals surface area contributed by atoms with Gasteiger partial charge in [0.05, 0.1) is 18.5 Å². The van der Waals surface area contributed by atoms with E-state index in [1.54, 1.807) is 25.4 Å². The zero-order valence-electron chi connectivity index (χ0n) is 9.16. The first-order chi connectivity index (χ1) is 7.69. The van der Waals surface area contributed by atoms with Crippen molar-refractivity contribution < 1.29 is 4.74 Å². The summed E-state index contributed by atoms with van der Waals surface area (Å²) in [5, 5.41) is 0.639. The monoisotopic (exact) mass is 237 g/mol. The molecule has 0 spiro atoms. The lowest BCUT2D eigenvalue weighted by atomic mass is 10.1. The molecule has 0 aliphatic carbocycles. The maximum Gasteiger partial charge on any atom is 0.193 e. The Morgan fingerprint density at radius 2 is 2.19 bits per heavy atom. The number of methoxy groups -OCH3 is 1. The fourth-order valence-electron chi connectivity index (χ4n) is 1.86. The van der Waals surface area contributed by atoms with Crippen LogP contribution in [0.25, 0.3) is 10.9 Å². The van der Waals surface area contributed by atoms with Crippen molar-refractivity contribution in [1.82, 2.24) is 4.57 Å². The van der Waals surface area contributed by atoms with Crippen LogP contribution in [0.5, 0.6) is 5.75 Å². The smallest absolute Gasteiger partial charge is 0.193 e. The van der Waals surface area contributed by atoms with Crippen molar-refractivity contribution >= 4 is 22.5 Å². The Kier molecular flexibility index (Phi) is 2.88. The van der Waals surface area contributed by atoms with Gasteiger partial charge in [-0.2, -0.15) is 0 Å². The Morgan fingerprint density at radius 3 is 2.81 bits per heavy atom. The molecule has 0 amide bonds. The molecule has 3 nitrogen and oxygen atoms in total. The van der Waals surface area contributed by atoms with Gasteiger partial charge >= 0.3 is 0 Å². The number of fused-ring (bicyclic) bond motifs is 1. The molecule has 2 aromatic rings. The van der Waals surface area contributed by atoms with E-state index in [0.717, 1.165) is 5.52 Å². The molecular weight excluding hydrogens is 226 g/mol. The van der Waals surface area contributed by atoms with E-state index in [2.05, 4.69) is 0 Å². The second-order valence-electron chi connectivity index (χ2n) is 3.58. The highest BCUT2D eigenvalue weighted by atomic mass is 35.5. The summed E-state index contributed by atoms with van der Waals surface area (Å²) in [4.78, 5) is 12.0. The number of aryl methyl sites for hydroxylation is 1. The van der Waals surface area contributed by atoms with Gasteiger partial charge in [-0.05, 0) is 12.1 Å². The van der Waals surface area contributed by atoms with Crippen molar-refractivity contribution in [2.75, 3.05) is 7.11 Å². The molecule has 2 rings (SSSR count). The predicted octanol–water partition coefficient (Wildman–Crippen LogP) is 2.29. The van der Waals surface area contributed by atoms with Gasteiger partial charge in [0.25, 0.3) is 0 Å². The topological polar surface area (TPSA) is 31.2 Å². The van der Waals surface area contributed by atoms with E-state index in [0.29, 0.717) is 16.7 Å². The number of rotatable bonds is 2. The van der Waals surface area contributed by atoms with Crippen molar-refractivity contribution in [3.05, 3.63) is 40.2 Å². The Hall–Kier alpha value is -1.48. The fraction of sp³-hybridized carbons (Fsp3) is 0.250. The van der Waals surface area contributed by atoms with E-state index >= 15 is 0 Å². The molecule has 0 fully saturated rings. The zero-order valence-corrected chi connectivity index (χ0v) is 9.91. The molecule has 0 unspecified atom stereocenters. The molecule has 1 heterocycles. The Labute approximate surface area is 98.2 Å². The van der Waals surface area contributed by atoms with Gasteiger partial charge in [-0.25, -0.2) is 0 Å². The highest BCUT2D eigenvalue weighted by Crippen LogP contribution is 2.23. The lowest BCUT2D eigenvalue weighted by Crippen LogP contribution is -2.12. The van der Waals surface area contributed by atoms with Gasteiger partial charge < -0.3 is 9.30 Å². The summed E-state index contributed by atoms with van der Waals surface area (Å²) in [6.07, 6.45) is 1.75. The van der Waals surface area contributed by atoms with Crippen LogP contribution < -0.4 is 10.2 Å².